The topological polar surface area (TPSA) is 41.5 Å². The van der Waals surface area contributed by atoms with Gasteiger partial charge in [-0.05, 0) is 32.9 Å². The van der Waals surface area contributed by atoms with Crippen molar-refractivity contribution in [3.63, 3.8) is 0 Å². The fourth-order valence-electron chi connectivity index (χ4n) is 1.01. The molecule has 0 bridgehead atoms. The van der Waals surface area contributed by atoms with Crippen LogP contribution in [0.4, 0.5) is 0 Å². The van der Waals surface area contributed by atoms with E-state index >= 15 is 0 Å². The van der Waals surface area contributed by atoms with Gasteiger partial charge in [-0.3, -0.25) is 4.79 Å². The number of thioether (sulfide) groups is 1. The molecule has 0 saturated heterocycles. The highest BCUT2D eigenvalue weighted by molar-refractivity contribution is 8.00. The zero-order chi connectivity index (χ0) is 12.0. The second-order valence-corrected chi connectivity index (χ2v) is 5.02. The zero-order valence-corrected chi connectivity index (χ0v) is 10.5. The number of amides is 1. The van der Waals surface area contributed by atoms with E-state index in [-0.39, 0.29) is 11.2 Å². The van der Waals surface area contributed by atoms with Crippen LogP contribution in [0.15, 0.2) is 40.3 Å². The molecule has 1 aromatic rings. The SMILES string of the molecule is CC(C)=NNC(=O)[C@H](C)Sc1ccccc1. The Morgan fingerprint density at radius 2 is 1.94 bits per heavy atom. The van der Waals surface area contributed by atoms with Gasteiger partial charge in [0.15, 0.2) is 0 Å². The average Bonchev–Trinajstić information content (AvgIpc) is 2.27. The van der Waals surface area contributed by atoms with Gasteiger partial charge in [0.1, 0.15) is 0 Å². The lowest BCUT2D eigenvalue weighted by atomic mass is 10.4. The van der Waals surface area contributed by atoms with E-state index in [2.05, 4.69) is 10.5 Å². The molecule has 0 aliphatic heterocycles. The largest absolute Gasteiger partial charge is 0.272 e. The Kier molecular flexibility index (Phi) is 5.05. The lowest BCUT2D eigenvalue weighted by molar-refractivity contribution is -0.120. The smallest absolute Gasteiger partial charge is 0.253 e. The molecule has 0 aliphatic carbocycles. The number of nitrogens with one attached hydrogen (secondary N) is 1. The third-order valence-corrected chi connectivity index (χ3v) is 2.93. The minimum absolute atomic E-state index is 0.0740. The van der Waals surface area contributed by atoms with E-state index in [4.69, 9.17) is 0 Å². The average molecular weight is 236 g/mol. The summed E-state index contributed by atoms with van der Waals surface area (Å²) in [4.78, 5) is 12.7. The van der Waals surface area contributed by atoms with Gasteiger partial charge >= 0.3 is 0 Å². The van der Waals surface area contributed by atoms with Crippen molar-refractivity contribution in [3.8, 4) is 0 Å². The van der Waals surface area contributed by atoms with Gasteiger partial charge in [0, 0.05) is 10.6 Å². The summed E-state index contributed by atoms with van der Waals surface area (Å²) in [7, 11) is 0. The molecule has 1 amide bonds. The van der Waals surface area contributed by atoms with Crippen molar-refractivity contribution < 1.29 is 4.79 Å². The van der Waals surface area contributed by atoms with Gasteiger partial charge in [-0.1, -0.05) is 18.2 Å². The monoisotopic (exact) mass is 236 g/mol. The molecule has 1 N–H and O–H groups in total. The molecule has 86 valence electrons. The molecule has 0 aromatic heterocycles. The molecule has 16 heavy (non-hydrogen) atoms. The van der Waals surface area contributed by atoms with Crippen molar-refractivity contribution in [3.05, 3.63) is 30.3 Å². The zero-order valence-electron chi connectivity index (χ0n) is 9.73. The Hall–Kier alpha value is -1.29. The summed E-state index contributed by atoms with van der Waals surface area (Å²) >= 11 is 1.52. The number of nitrogens with zero attached hydrogens (tertiary/aromatic N) is 1. The van der Waals surface area contributed by atoms with Crippen LogP contribution in [0.2, 0.25) is 0 Å². The van der Waals surface area contributed by atoms with Gasteiger partial charge < -0.3 is 0 Å². The first-order valence-electron chi connectivity index (χ1n) is 5.12. The lowest BCUT2D eigenvalue weighted by Crippen LogP contribution is -2.27. The number of hydrogen-bond donors (Lipinski definition) is 1. The summed E-state index contributed by atoms with van der Waals surface area (Å²) in [5, 5.41) is 3.74. The second-order valence-electron chi connectivity index (χ2n) is 3.61. The van der Waals surface area contributed by atoms with Crippen LogP contribution in [0, 0.1) is 0 Å². The van der Waals surface area contributed by atoms with E-state index in [1.54, 1.807) is 0 Å². The first-order valence-corrected chi connectivity index (χ1v) is 6.00. The molecule has 1 atom stereocenters. The number of hydrazone groups is 1. The molecule has 1 rings (SSSR count). The molecule has 0 aliphatic rings. The third kappa shape index (κ3) is 4.49. The van der Waals surface area contributed by atoms with Crippen molar-refractivity contribution in [1.82, 2.24) is 5.43 Å². The number of benzene rings is 1. The van der Waals surface area contributed by atoms with Crippen LogP contribution in [0.25, 0.3) is 0 Å². The molecule has 0 heterocycles. The number of carbonyl (C=O) groups is 1. The van der Waals surface area contributed by atoms with Gasteiger partial charge in [0.25, 0.3) is 5.91 Å². The quantitative estimate of drug-likeness (QED) is 0.496. The Morgan fingerprint density at radius 3 is 2.50 bits per heavy atom. The minimum atomic E-state index is -0.148. The van der Waals surface area contributed by atoms with Crippen LogP contribution in [0.1, 0.15) is 20.8 Å². The van der Waals surface area contributed by atoms with Crippen molar-refractivity contribution >= 4 is 23.4 Å². The lowest BCUT2D eigenvalue weighted by Gasteiger charge is -2.09. The molecule has 4 heteroatoms. The number of hydrogen-bond acceptors (Lipinski definition) is 3. The number of carbonyl (C=O) groups excluding carboxylic acids is 1. The predicted octanol–water partition coefficient (Wildman–Crippen LogP) is 2.68. The highest BCUT2D eigenvalue weighted by Gasteiger charge is 2.13. The molecule has 0 fully saturated rings. The summed E-state index contributed by atoms with van der Waals surface area (Å²) in [5.74, 6) is -0.0740. The molecule has 3 nitrogen and oxygen atoms in total. The highest BCUT2D eigenvalue weighted by Crippen LogP contribution is 2.22. The molecule has 0 spiro atoms. The summed E-state index contributed by atoms with van der Waals surface area (Å²) in [6.45, 7) is 5.55. The van der Waals surface area contributed by atoms with Crippen LogP contribution in [0.5, 0.6) is 0 Å². The van der Waals surface area contributed by atoms with Crippen LogP contribution in [-0.4, -0.2) is 16.9 Å². The molecular formula is C12H16N2OS. The van der Waals surface area contributed by atoms with Crippen LogP contribution in [0.3, 0.4) is 0 Å². The first kappa shape index (κ1) is 12.8. The standard InChI is InChI=1S/C12H16N2OS/c1-9(2)13-14-12(15)10(3)16-11-7-5-4-6-8-11/h4-8,10H,1-3H3,(H,14,15)/t10-/m0/s1. The van der Waals surface area contributed by atoms with Crippen molar-refractivity contribution in [1.29, 1.82) is 0 Å². The van der Waals surface area contributed by atoms with Crippen molar-refractivity contribution in [2.75, 3.05) is 0 Å². The maximum atomic E-state index is 11.6. The molecule has 0 unspecified atom stereocenters. The van der Waals surface area contributed by atoms with Gasteiger partial charge in [-0.15, -0.1) is 11.8 Å². The summed E-state index contributed by atoms with van der Waals surface area (Å²) in [5.41, 5.74) is 3.37. The predicted molar refractivity (Wildman–Crippen MR) is 68.7 cm³/mol. The summed E-state index contributed by atoms with van der Waals surface area (Å²) < 4.78 is 0. The summed E-state index contributed by atoms with van der Waals surface area (Å²) in [6.07, 6.45) is 0. The maximum absolute atomic E-state index is 11.6. The highest BCUT2D eigenvalue weighted by atomic mass is 32.2. The van der Waals surface area contributed by atoms with E-state index < -0.39 is 0 Å². The van der Waals surface area contributed by atoms with Gasteiger partial charge in [-0.25, -0.2) is 5.43 Å². The Bertz CT molecular complexity index is 372. The fourth-order valence-corrected chi connectivity index (χ4v) is 1.90. The van der Waals surface area contributed by atoms with Gasteiger partial charge in [0.2, 0.25) is 0 Å². The van der Waals surface area contributed by atoms with Crippen molar-refractivity contribution in [2.24, 2.45) is 5.10 Å². The maximum Gasteiger partial charge on any atom is 0.253 e. The normalized spacial score (nSPS) is 11.7. The molecular weight excluding hydrogens is 220 g/mol. The molecule has 1 aromatic carbocycles. The van der Waals surface area contributed by atoms with E-state index in [0.29, 0.717) is 0 Å². The third-order valence-electron chi connectivity index (χ3n) is 1.81. The van der Waals surface area contributed by atoms with E-state index in [0.717, 1.165) is 10.6 Å². The Morgan fingerprint density at radius 1 is 1.31 bits per heavy atom. The van der Waals surface area contributed by atoms with Crippen LogP contribution in [-0.2, 0) is 4.79 Å². The molecule has 0 saturated carbocycles. The first-order chi connectivity index (χ1) is 7.59. The number of rotatable bonds is 4. The van der Waals surface area contributed by atoms with E-state index in [1.165, 1.54) is 11.8 Å². The Labute approximate surface area is 100 Å². The Balaban J connectivity index is 2.49. The molecule has 0 radical (unpaired) electrons. The second kappa shape index (κ2) is 6.33. The van der Waals surface area contributed by atoms with Crippen LogP contribution >= 0.6 is 11.8 Å². The van der Waals surface area contributed by atoms with E-state index in [1.807, 2.05) is 51.1 Å². The van der Waals surface area contributed by atoms with Gasteiger partial charge in [-0.2, -0.15) is 5.10 Å². The minimum Gasteiger partial charge on any atom is -0.272 e. The van der Waals surface area contributed by atoms with Gasteiger partial charge in [0.05, 0.1) is 5.25 Å². The fraction of sp³-hybridized carbons (Fsp3) is 0.333. The van der Waals surface area contributed by atoms with Crippen molar-refractivity contribution in [2.45, 2.75) is 30.9 Å². The van der Waals surface area contributed by atoms with Crippen LogP contribution < -0.4 is 5.43 Å². The van der Waals surface area contributed by atoms with E-state index in [9.17, 15) is 4.79 Å². The summed E-state index contributed by atoms with van der Waals surface area (Å²) in [6, 6.07) is 9.85.